The van der Waals surface area contributed by atoms with Crippen LogP contribution in [0.4, 0.5) is 0 Å². The fourth-order valence-corrected chi connectivity index (χ4v) is 6.08. The molecule has 5 nitrogen and oxygen atoms in total. The lowest BCUT2D eigenvalue weighted by molar-refractivity contribution is 0.0713. The quantitative estimate of drug-likeness (QED) is 0.598. The van der Waals surface area contributed by atoms with Crippen LogP contribution in [-0.2, 0) is 33.2 Å². The molecule has 2 unspecified atom stereocenters. The molecule has 0 aliphatic carbocycles. The highest BCUT2D eigenvalue weighted by Crippen LogP contribution is 2.21. The summed E-state index contributed by atoms with van der Waals surface area (Å²) >= 11 is 4.46. The standard InChI is InChI=1S/C9H22O5S2Si/c1-5-12-17(13-6-2,14-7-3)8-9(4)16(10,11)15/h9H,5-8H2,1-4H3,(H,10,11,15)/p-1. The molecule has 0 aliphatic heterocycles. The van der Waals surface area contributed by atoms with E-state index in [9.17, 15) is 8.76 Å². The summed E-state index contributed by atoms with van der Waals surface area (Å²) in [5.74, 6) is 0. The van der Waals surface area contributed by atoms with E-state index < -0.39 is 22.8 Å². The van der Waals surface area contributed by atoms with E-state index in [1.807, 2.05) is 20.8 Å². The molecule has 0 amide bonds. The van der Waals surface area contributed by atoms with Crippen molar-refractivity contribution in [2.45, 2.75) is 39.0 Å². The molecule has 0 fully saturated rings. The summed E-state index contributed by atoms with van der Waals surface area (Å²) < 4.78 is 39.3. The molecule has 17 heavy (non-hydrogen) atoms. The zero-order valence-electron chi connectivity index (χ0n) is 10.8. The van der Waals surface area contributed by atoms with Gasteiger partial charge in [-0.05, 0) is 40.7 Å². The van der Waals surface area contributed by atoms with Crippen LogP contribution in [0.15, 0.2) is 0 Å². The first-order valence-corrected chi connectivity index (χ1v) is 10.1. The summed E-state index contributed by atoms with van der Waals surface area (Å²) in [6.07, 6.45) is 0. The first-order chi connectivity index (χ1) is 7.81. The molecule has 0 aromatic carbocycles. The molecule has 0 N–H and O–H groups in total. The molecule has 0 bridgehead atoms. The van der Waals surface area contributed by atoms with Crippen molar-refractivity contribution >= 4 is 28.8 Å². The molecule has 0 spiro atoms. The van der Waals surface area contributed by atoms with Crippen LogP contribution < -0.4 is 0 Å². The summed E-state index contributed by atoms with van der Waals surface area (Å²) in [5, 5.41) is -0.700. The smallest absolute Gasteiger partial charge is 0.502 e. The molecular formula is C9H21O5S2Si-. The Bertz CT molecular complexity index is 289. The fraction of sp³-hybridized carbons (Fsp3) is 1.00. The topological polar surface area (TPSA) is 67.8 Å². The average molecular weight is 301 g/mol. The Hall–Kier alpha value is 0.427. The van der Waals surface area contributed by atoms with Crippen molar-refractivity contribution < 1.29 is 22.0 Å². The van der Waals surface area contributed by atoms with E-state index in [0.717, 1.165) is 0 Å². The second-order valence-corrected chi connectivity index (χ2v) is 9.31. The van der Waals surface area contributed by atoms with Crippen LogP contribution in [0.5, 0.6) is 0 Å². The van der Waals surface area contributed by atoms with Gasteiger partial charge in [-0.15, -0.1) is 0 Å². The summed E-state index contributed by atoms with van der Waals surface area (Å²) in [7, 11) is -6.43. The van der Waals surface area contributed by atoms with E-state index in [1.54, 1.807) is 6.92 Å². The lowest BCUT2D eigenvalue weighted by Crippen LogP contribution is -2.49. The van der Waals surface area contributed by atoms with Gasteiger partial charge in [-0.1, -0.05) is 6.92 Å². The molecular weight excluding hydrogens is 280 g/mol. The van der Waals surface area contributed by atoms with E-state index >= 15 is 0 Å². The predicted molar refractivity (Wildman–Crippen MR) is 71.2 cm³/mol. The first kappa shape index (κ1) is 17.4. The maximum Gasteiger partial charge on any atom is 0.502 e. The Labute approximate surface area is 110 Å². The van der Waals surface area contributed by atoms with Gasteiger partial charge < -0.3 is 17.8 Å². The minimum Gasteiger partial charge on any atom is -0.769 e. The normalized spacial score (nSPS) is 17.7. The minimum absolute atomic E-state index is 0.203. The van der Waals surface area contributed by atoms with Gasteiger partial charge in [0.1, 0.15) is 0 Å². The minimum atomic E-state index is -3.51. The van der Waals surface area contributed by atoms with Crippen LogP contribution in [0.3, 0.4) is 0 Å². The van der Waals surface area contributed by atoms with Crippen LogP contribution in [0, 0.1) is 0 Å². The Morgan fingerprint density at radius 3 is 1.76 bits per heavy atom. The van der Waals surface area contributed by atoms with Gasteiger partial charge in [0.2, 0.25) is 0 Å². The molecule has 2 atom stereocenters. The lowest BCUT2D eigenvalue weighted by Gasteiger charge is -2.32. The maximum absolute atomic E-state index is 11.3. The highest BCUT2D eigenvalue weighted by Gasteiger charge is 2.42. The van der Waals surface area contributed by atoms with Crippen molar-refractivity contribution in [2.24, 2.45) is 0 Å². The largest absolute Gasteiger partial charge is 0.769 e. The zero-order chi connectivity index (χ0) is 13.5. The third-order valence-corrected chi connectivity index (χ3v) is 7.85. The monoisotopic (exact) mass is 301 g/mol. The summed E-state index contributed by atoms with van der Waals surface area (Å²) in [6.45, 7) is 8.32. The average Bonchev–Trinajstić information content (AvgIpc) is 2.17. The van der Waals surface area contributed by atoms with Crippen LogP contribution in [0.25, 0.3) is 0 Å². The summed E-state index contributed by atoms with van der Waals surface area (Å²) in [5.41, 5.74) is 0. The molecule has 0 aromatic rings. The van der Waals surface area contributed by atoms with E-state index in [2.05, 4.69) is 11.2 Å². The molecule has 0 aliphatic rings. The number of hydrogen-bond donors (Lipinski definition) is 0. The molecule has 0 saturated heterocycles. The van der Waals surface area contributed by atoms with E-state index in [0.29, 0.717) is 19.8 Å². The maximum atomic E-state index is 11.3. The molecule has 0 heterocycles. The van der Waals surface area contributed by atoms with Crippen LogP contribution >= 0.6 is 0 Å². The Morgan fingerprint density at radius 2 is 1.53 bits per heavy atom. The third kappa shape index (κ3) is 6.23. The second kappa shape index (κ2) is 7.77. The zero-order valence-corrected chi connectivity index (χ0v) is 13.4. The third-order valence-electron chi connectivity index (χ3n) is 2.12. The SMILES string of the molecule is CCO[Si](CC(C)S(=O)([O-])=S)(OCC)OCC. The molecule has 0 radical (unpaired) electrons. The van der Waals surface area contributed by atoms with E-state index in [1.165, 1.54) is 0 Å². The molecule has 8 heteroatoms. The molecule has 0 saturated carbocycles. The van der Waals surface area contributed by atoms with Gasteiger partial charge in [0, 0.05) is 31.1 Å². The Morgan fingerprint density at radius 1 is 1.18 bits per heavy atom. The predicted octanol–water partition coefficient (Wildman–Crippen LogP) is 1.30. The first-order valence-electron chi connectivity index (χ1n) is 5.67. The van der Waals surface area contributed by atoms with E-state index in [-0.39, 0.29) is 6.04 Å². The van der Waals surface area contributed by atoms with Crippen molar-refractivity contribution in [2.75, 3.05) is 19.8 Å². The van der Waals surface area contributed by atoms with Crippen LogP contribution in [-0.4, -0.2) is 42.6 Å². The van der Waals surface area contributed by atoms with Gasteiger partial charge >= 0.3 is 8.80 Å². The van der Waals surface area contributed by atoms with Crippen LogP contribution in [0.2, 0.25) is 6.04 Å². The van der Waals surface area contributed by atoms with Gasteiger partial charge in [0.05, 0.1) is 0 Å². The second-order valence-electron chi connectivity index (χ2n) is 3.49. The van der Waals surface area contributed by atoms with Gasteiger partial charge in [-0.3, -0.25) is 4.21 Å². The van der Waals surface area contributed by atoms with Gasteiger partial charge in [0.25, 0.3) is 0 Å². The Balaban J connectivity index is 4.88. The summed E-state index contributed by atoms with van der Waals surface area (Å²) in [6, 6.07) is 0.203. The number of rotatable bonds is 9. The van der Waals surface area contributed by atoms with Crippen molar-refractivity contribution in [1.29, 1.82) is 0 Å². The van der Waals surface area contributed by atoms with Crippen molar-refractivity contribution in [3.63, 3.8) is 0 Å². The van der Waals surface area contributed by atoms with Gasteiger partial charge in [0.15, 0.2) is 0 Å². The Kier molecular flexibility index (Phi) is 7.97. The van der Waals surface area contributed by atoms with Crippen molar-refractivity contribution in [3.05, 3.63) is 0 Å². The van der Waals surface area contributed by atoms with Gasteiger partial charge in [-0.2, -0.15) is 0 Å². The molecule has 0 rings (SSSR count). The highest BCUT2D eigenvalue weighted by atomic mass is 32.8. The number of hydrogen-bond acceptors (Lipinski definition) is 6. The van der Waals surface area contributed by atoms with Gasteiger partial charge in [-0.25, -0.2) is 0 Å². The van der Waals surface area contributed by atoms with Crippen molar-refractivity contribution in [3.8, 4) is 0 Å². The molecule has 104 valence electrons. The van der Waals surface area contributed by atoms with E-state index in [4.69, 9.17) is 13.3 Å². The lowest BCUT2D eigenvalue weighted by atomic mass is 10.6. The van der Waals surface area contributed by atoms with Crippen molar-refractivity contribution in [1.82, 2.24) is 0 Å². The highest BCUT2D eigenvalue weighted by molar-refractivity contribution is 8.30. The molecule has 0 aromatic heterocycles. The fourth-order valence-electron chi connectivity index (χ4n) is 1.42. The summed E-state index contributed by atoms with van der Waals surface area (Å²) in [4.78, 5) is 0. The van der Waals surface area contributed by atoms with Crippen LogP contribution in [0.1, 0.15) is 27.7 Å².